The fraction of sp³-hybridized carbons (Fsp3) is 0.947. The molecule has 19 heteroatoms. The number of phosphoric acid groups is 2. The Bertz CT molecular complexity index is 1850. The number of carbonyl (C=O) groups is 4. The maximum absolute atomic E-state index is 13.1. The highest BCUT2D eigenvalue weighted by atomic mass is 31.2. The average Bonchev–Trinajstić information content (AvgIpc) is 1.47. The molecule has 0 aliphatic rings. The number of hydrogen-bond donors (Lipinski definition) is 3. The van der Waals surface area contributed by atoms with Gasteiger partial charge in [0, 0.05) is 25.7 Å². The molecular formula is C76H148O17P2. The first-order valence-corrected chi connectivity index (χ1v) is 42.3. The number of aliphatic hydroxyl groups excluding tert-OH is 1. The van der Waals surface area contributed by atoms with Crippen molar-refractivity contribution in [1.82, 2.24) is 0 Å². The Labute approximate surface area is 581 Å². The van der Waals surface area contributed by atoms with E-state index in [0.717, 1.165) is 108 Å². The smallest absolute Gasteiger partial charge is 0.462 e. The number of phosphoric ester groups is 2. The van der Waals surface area contributed by atoms with E-state index in [9.17, 15) is 43.2 Å². The lowest BCUT2D eigenvalue weighted by Crippen LogP contribution is -2.30. The van der Waals surface area contributed by atoms with Crippen LogP contribution in [0.3, 0.4) is 0 Å². The lowest BCUT2D eigenvalue weighted by molar-refractivity contribution is -0.161. The zero-order chi connectivity index (χ0) is 70.1. The summed E-state index contributed by atoms with van der Waals surface area (Å²) in [6, 6.07) is 0. The van der Waals surface area contributed by atoms with E-state index < -0.39 is 97.5 Å². The van der Waals surface area contributed by atoms with Crippen LogP contribution in [0.5, 0.6) is 0 Å². The zero-order valence-electron chi connectivity index (χ0n) is 62.1. The molecule has 0 aliphatic carbocycles. The van der Waals surface area contributed by atoms with E-state index in [1.54, 1.807) is 0 Å². The van der Waals surface area contributed by atoms with Crippen LogP contribution in [-0.4, -0.2) is 96.7 Å². The molecule has 0 saturated heterocycles. The first kappa shape index (κ1) is 93.1. The Morgan fingerprint density at radius 3 is 0.716 bits per heavy atom. The van der Waals surface area contributed by atoms with Crippen molar-refractivity contribution in [2.45, 2.75) is 407 Å². The standard InChI is InChI=1S/C76H148O17P2/c1-8-9-10-11-12-13-29-36-43-50-57-73(78)86-63-71(92-75(80)59-52-45-38-31-24-18-15-21-27-34-41-48-55-68(4)5)65-90-94(82,83)88-61-70(77)62-89-95(84,85)91-66-72(93-76(81)60-53-46-39-32-25-19-16-22-28-35-42-49-56-69(6)7)64-87-74(79)58-51-44-37-30-23-17-14-20-26-33-40-47-54-67(2)3/h67-72,77H,8-66H2,1-7H3,(H,82,83)(H,84,85)/t70-,71+,72+/m0/s1. The molecule has 564 valence electrons. The third kappa shape index (κ3) is 70.3. The molecule has 0 fully saturated rings. The summed E-state index contributed by atoms with van der Waals surface area (Å²) in [6.45, 7) is 11.9. The highest BCUT2D eigenvalue weighted by molar-refractivity contribution is 7.47. The Kier molecular flexibility index (Phi) is 65.2. The quantitative estimate of drug-likeness (QED) is 0.0222. The summed E-state index contributed by atoms with van der Waals surface area (Å²) in [5.41, 5.74) is 0. The number of hydrogen-bond acceptors (Lipinski definition) is 15. The third-order valence-electron chi connectivity index (χ3n) is 17.6. The maximum atomic E-state index is 13.1. The van der Waals surface area contributed by atoms with Crippen LogP contribution in [-0.2, 0) is 65.4 Å². The van der Waals surface area contributed by atoms with Crippen molar-refractivity contribution in [3.8, 4) is 0 Å². The molecule has 0 heterocycles. The van der Waals surface area contributed by atoms with Crippen LogP contribution in [0.15, 0.2) is 0 Å². The molecule has 0 aliphatic heterocycles. The summed E-state index contributed by atoms with van der Waals surface area (Å²) in [5.74, 6) is 0.219. The van der Waals surface area contributed by atoms with Gasteiger partial charge < -0.3 is 33.8 Å². The van der Waals surface area contributed by atoms with Gasteiger partial charge in [0.05, 0.1) is 26.4 Å². The van der Waals surface area contributed by atoms with Gasteiger partial charge in [-0.1, -0.05) is 337 Å². The van der Waals surface area contributed by atoms with Crippen molar-refractivity contribution in [1.29, 1.82) is 0 Å². The van der Waals surface area contributed by atoms with Gasteiger partial charge in [0.25, 0.3) is 0 Å². The molecule has 17 nitrogen and oxygen atoms in total. The summed E-state index contributed by atoms with van der Waals surface area (Å²) in [4.78, 5) is 72.8. The van der Waals surface area contributed by atoms with Crippen LogP contribution in [0.1, 0.15) is 389 Å². The molecule has 0 rings (SSSR count). The Morgan fingerprint density at radius 2 is 0.484 bits per heavy atom. The zero-order valence-corrected chi connectivity index (χ0v) is 63.9. The van der Waals surface area contributed by atoms with Crippen molar-refractivity contribution in [3.05, 3.63) is 0 Å². The summed E-state index contributed by atoms with van der Waals surface area (Å²) < 4.78 is 68.5. The van der Waals surface area contributed by atoms with Gasteiger partial charge in [0.2, 0.25) is 0 Å². The summed E-state index contributed by atoms with van der Waals surface area (Å²) >= 11 is 0. The van der Waals surface area contributed by atoms with Gasteiger partial charge in [-0.3, -0.25) is 37.3 Å². The maximum Gasteiger partial charge on any atom is 0.472 e. The van der Waals surface area contributed by atoms with Gasteiger partial charge in [-0.05, 0) is 43.4 Å². The van der Waals surface area contributed by atoms with E-state index in [-0.39, 0.29) is 25.7 Å². The SMILES string of the molecule is CCCCCCCCCCCCC(=O)OC[C@H](COP(=O)(O)OC[C@H](O)COP(=O)(O)OC[C@@H](COC(=O)CCCCCCCCCCCCCCC(C)C)OC(=O)CCCCCCCCCCCCCCC(C)C)OC(=O)CCCCCCCCCCCCCCC(C)C. The number of esters is 4. The van der Waals surface area contributed by atoms with Gasteiger partial charge in [-0.2, -0.15) is 0 Å². The molecule has 95 heavy (non-hydrogen) atoms. The van der Waals surface area contributed by atoms with E-state index in [4.69, 9.17) is 37.0 Å². The van der Waals surface area contributed by atoms with Gasteiger partial charge in [-0.25, -0.2) is 9.13 Å². The summed E-state index contributed by atoms with van der Waals surface area (Å²) in [5, 5.41) is 10.6. The van der Waals surface area contributed by atoms with Crippen LogP contribution in [0.2, 0.25) is 0 Å². The van der Waals surface area contributed by atoms with Crippen LogP contribution < -0.4 is 0 Å². The lowest BCUT2D eigenvalue weighted by atomic mass is 10.0. The highest BCUT2D eigenvalue weighted by Crippen LogP contribution is 2.45. The summed E-state index contributed by atoms with van der Waals surface area (Å²) in [7, 11) is -9.91. The van der Waals surface area contributed by atoms with Crippen molar-refractivity contribution in [3.63, 3.8) is 0 Å². The molecule has 0 saturated carbocycles. The van der Waals surface area contributed by atoms with Gasteiger partial charge in [0.1, 0.15) is 19.3 Å². The fourth-order valence-electron chi connectivity index (χ4n) is 11.6. The molecule has 0 amide bonds. The van der Waals surface area contributed by atoms with Crippen LogP contribution in [0, 0.1) is 17.8 Å². The van der Waals surface area contributed by atoms with E-state index >= 15 is 0 Å². The second kappa shape index (κ2) is 66.6. The molecule has 0 radical (unpaired) electrons. The number of carbonyl (C=O) groups excluding carboxylic acids is 4. The van der Waals surface area contributed by atoms with E-state index in [1.807, 2.05) is 0 Å². The van der Waals surface area contributed by atoms with Crippen molar-refractivity contribution in [2.24, 2.45) is 17.8 Å². The summed E-state index contributed by atoms with van der Waals surface area (Å²) in [6.07, 6.45) is 52.6. The largest absolute Gasteiger partial charge is 0.472 e. The van der Waals surface area contributed by atoms with Crippen LogP contribution in [0.25, 0.3) is 0 Å². The minimum atomic E-state index is -4.96. The molecule has 3 N–H and O–H groups in total. The predicted octanol–water partition coefficient (Wildman–Crippen LogP) is 22.2. The molecule has 0 aromatic carbocycles. The predicted molar refractivity (Wildman–Crippen MR) is 386 cm³/mol. The minimum Gasteiger partial charge on any atom is -0.462 e. The number of ether oxygens (including phenoxy) is 4. The molecule has 0 bridgehead atoms. The molecule has 0 aromatic heterocycles. The van der Waals surface area contributed by atoms with Crippen LogP contribution >= 0.6 is 15.6 Å². The van der Waals surface area contributed by atoms with Crippen molar-refractivity contribution < 1.29 is 80.2 Å². The first-order valence-electron chi connectivity index (χ1n) is 39.3. The average molecular weight is 1400 g/mol. The van der Waals surface area contributed by atoms with Gasteiger partial charge >= 0.3 is 39.5 Å². The number of unbranched alkanes of at least 4 members (excludes halogenated alkanes) is 42. The van der Waals surface area contributed by atoms with Gasteiger partial charge in [-0.15, -0.1) is 0 Å². The molecule has 0 aromatic rings. The monoisotopic (exact) mass is 1400 g/mol. The van der Waals surface area contributed by atoms with Crippen molar-refractivity contribution >= 4 is 39.5 Å². The molecular weight excluding hydrogens is 1250 g/mol. The Morgan fingerprint density at radius 1 is 0.284 bits per heavy atom. The fourth-order valence-corrected chi connectivity index (χ4v) is 13.2. The first-order chi connectivity index (χ1) is 45.7. The Hall–Kier alpha value is -1.94. The highest BCUT2D eigenvalue weighted by Gasteiger charge is 2.30. The van der Waals surface area contributed by atoms with E-state index in [2.05, 4.69) is 48.5 Å². The number of aliphatic hydroxyl groups is 1. The normalized spacial score (nSPS) is 14.1. The molecule has 2 unspecified atom stereocenters. The topological polar surface area (TPSA) is 237 Å². The molecule has 5 atom stereocenters. The lowest BCUT2D eigenvalue weighted by Gasteiger charge is -2.21. The second-order valence-corrected chi connectivity index (χ2v) is 31.7. The third-order valence-corrected chi connectivity index (χ3v) is 19.5. The van der Waals surface area contributed by atoms with E-state index in [0.29, 0.717) is 25.7 Å². The van der Waals surface area contributed by atoms with Gasteiger partial charge in [0.15, 0.2) is 12.2 Å². The minimum absolute atomic E-state index is 0.107. The van der Waals surface area contributed by atoms with E-state index in [1.165, 1.54) is 199 Å². The van der Waals surface area contributed by atoms with Crippen LogP contribution in [0.4, 0.5) is 0 Å². The number of rotatable bonds is 74. The van der Waals surface area contributed by atoms with Crippen molar-refractivity contribution in [2.75, 3.05) is 39.6 Å². The molecule has 0 spiro atoms. The Balaban J connectivity index is 5.25. The second-order valence-electron chi connectivity index (χ2n) is 28.8.